The van der Waals surface area contributed by atoms with Crippen LogP contribution in [0, 0.1) is 6.92 Å². The van der Waals surface area contributed by atoms with E-state index < -0.39 is 0 Å². The fraction of sp³-hybridized carbons (Fsp3) is 0.250. The summed E-state index contributed by atoms with van der Waals surface area (Å²) in [6.07, 6.45) is 0. The molecule has 0 saturated carbocycles. The lowest BCUT2D eigenvalue weighted by Gasteiger charge is -1.99. The van der Waals surface area contributed by atoms with Gasteiger partial charge in [-0.1, -0.05) is 11.3 Å². The summed E-state index contributed by atoms with van der Waals surface area (Å²) in [5.74, 6) is 0.605. The first kappa shape index (κ1) is 8.25. The van der Waals surface area contributed by atoms with E-state index in [1.165, 1.54) is 11.3 Å². The number of aryl methyl sites for hydroxylation is 1. The molecule has 2 N–H and O–H groups in total. The zero-order valence-electron chi connectivity index (χ0n) is 7.37. The molecule has 0 unspecified atom stereocenters. The van der Waals surface area contributed by atoms with Crippen molar-refractivity contribution >= 4 is 26.8 Å². The fourth-order valence-electron chi connectivity index (χ4n) is 1.15. The number of hydrogen-bond donors (Lipinski definition) is 1. The highest BCUT2D eigenvalue weighted by atomic mass is 32.1. The standard InChI is InChI=1S/C8H9N3OS/c1-4-3-5(12-2)10-7-6(4)11-8(9)13-7/h3H,1-2H3,(H2,9,11). The minimum Gasteiger partial charge on any atom is -0.481 e. The maximum Gasteiger partial charge on any atom is 0.214 e. The number of thiazole rings is 1. The van der Waals surface area contributed by atoms with Gasteiger partial charge in [-0.15, -0.1) is 0 Å². The number of rotatable bonds is 1. The van der Waals surface area contributed by atoms with E-state index in [4.69, 9.17) is 10.5 Å². The smallest absolute Gasteiger partial charge is 0.214 e. The Kier molecular flexibility index (Phi) is 1.81. The van der Waals surface area contributed by atoms with Gasteiger partial charge in [0.25, 0.3) is 0 Å². The van der Waals surface area contributed by atoms with E-state index in [2.05, 4.69) is 9.97 Å². The Morgan fingerprint density at radius 3 is 2.92 bits per heavy atom. The Morgan fingerprint density at radius 1 is 1.46 bits per heavy atom. The third kappa shape index (κ3) is 1.31. The Hall–Kier alpha value is -1.36. The molecule has 13 heavy (non-hydrogen) atoms. The van der Waals surface area contributed by atoms with Crippen molar-refractivity contribution < 1.29 is 4.74 Å². The van der Waals surface area contributed by atoms with E-state index in [1.807, 2.05) is 13.0 Å². The van der Waals surface area contributed by atoms with Gasteiger partial charge in [0.1, 0.15) is 10.3 Å². The highest BCUT2D eigenvalue weighted by molar-refractivity contribution is 7.21. The minimum absolute atomic E-state index is 0.541. The van der Waals surface area contributed by atoms with E-state index in [0.717, 1.165) is 15.9 Å². The largest absolute Gasteiger partial charge is 0.481 e. The molecule has 0 aliphatic carbocycles. The Morgan fingerprint density at radius 2 is 2.23 bits per heavy atom. The van der Waals surface area contributed by atoms with Gasteiger partial charge in [0.05, 0.1) is 7.11 Å². The quantitative estimate of drug-likeness (QED) is 0.750. The van der Waals surface area contributed by atoms with E-state index in [9.17, 15) is 0 Å². The van der Waals surface area contributed by atoms with Crippen LogP contribution in [-0.2, 0) is 0 Å². The molecule has 68 valence electrons. The average molecular weight is 195 g/mol. The van der Waals surface area contributed by atoms with Gasteiger partial charge in [0.15, 0.2) is 5.13 Å². The summed E-state index contributed by atoms with van der Waals surface area (Å²) in [4.78, 5) is 9.22. The molecule has 2 heterocycles. The third-order valence-corrected chi connectivity index (χ3v) is 2.54. The summed E-state index contributed by atoms with van der Waals surface area (Å²) in [6.45, 7) is 1.96. The van der Waals surface area contributed by atoms with Gasteiger partial charge in [-0.2, -0.15) is 0 Å². The molecule has 5 heteroatoms. The van der Waals surface area contributed by atoms with Crippen LogP contribution in [0.5, 0.6) is 5.88 Å². The molecule has 0 atom stereocenters. The van der Waals surface area contributed by atoms with Crippen LogP contribution < -0.4 is 10.5 Å². The summed E-state index contributed by atoms with van der Waals surface area (Å²) in [7, 11) is 1.60. The number of nitrogen functional groups attached to an aromatic ring is 1. The molecule has 4 nitrogen and oxygen atoms in total. The van der Waals surface area contributed by atoms with E-state index >= 15 is 0 Å². The number of anilines is 1. The van der Waals surface area contributed by atoms with Crippen LogP contribution in [0.3, 0.4) is 0 Å². The lowest BCUT2D eigenvalue weighted by Crippen LogP contribution is -1.88. The van der Waals surface area contributed by atoms with Gasteiger partial charge in [-0.25, -0.2) is 9.97 Å². The molecule has 0 radical (unpaired) electrons. The van der Waals surface area contributed by atoms with Crippen molar-refractivity contribution in [3.05, 3.63) is 11.6 Å². The van der Waals surface area contributed by atoms with Crippen LogP contribution in [0.2, 0.25) is 0 Å². The molecule has 0 bridgehead atoms. The van der Waals surface area contributed by atoms with Gasteiger partial charge in [0.2, 0.25) is 5.88 Å². The molecule has 0 aliphatic heterocycles. The molecule has 2 rings (SSSR count). The van der Waals surface area contributed by atoms with Gasteiger partial charge >= 0.3 is 0 Å². The first-order valence-corrected chi connectivity index (χ1v) is 4.60. The van der Waals surface area contributed by atoms with Crippen LogP contribution >= 0.6 is 11.3 Å². The average Bonchev–Trinajstić information content (AvgIpc) is 2.46. The van der Waals surface area contributed by atoms with Crippen LogP contribution in [0.4, 0.5) is 5.13 Å². The lowest BCUT2D eigenvalue weighted by atomic mass is 10.3. The second kappa shape index (κ2) is 2.85. The molecule has 2 aromatic heterocycles. The van der Waals surface area contributed by atoms with Crippen LogP contribution in [-0.4, -0.2) is 17.1 Å². The van der Waals surface area contributed by atoms with Gasteiger partial charge in [0, 0.05) is 6.07 Å². The zero-order valence-corrected chi connectivity index (χ0v) is 8.18. The highest BCUT2D eigenvalue weighted by Gasteiger charge is 2.07. The monoisotopic (exact) mass is 195 g/mol. The van der Waals surface area contributed by atoms with Crippen LogP contribution in [0.25, 0.3) is 10.3 Å². The van der Waals surface area contributed by atoms with Crippen LogP contribution in [0.15, 0.2) is 6.07 Å². The Labute approximate surface area is 79.4 Å². The number of hydrogen-bond acceptors (Lipinski definition) is 5. The van der Waals surface area contributed by atoms with E-state index in [-0.39, 0.29) is 0 Å². The second-order valence-electron chi connectivity index (χ2n) is 2.69. The summed E-state index contributed by atoms with van der Waals surface area (Å²) < 4.78 is 5.04. The van der Waals surface area contributed by atoms with Crippen molar-refractivity contribution in [2.75, 3.05) is 12.8 Å². The van der Waals surface area contributed by atoms with Crippen molar-refractivity contribution in [2.45, 2.75) is 6.92 Å². The van der Waals surface area contributed by atoms with Gasteiger partial charge in [-0.05, 0) is 12.5 Å². The van der Waals surface area contributed by atoms with Crippen molar-refractivity contribution in [3.8, 4) is 5.88 Å². The summed E-state index contributed by atoms with van der Waals surface area (Å²) in [6, 6.07) is 1.85. The minimum atomic E-state index is 0.541. The molecule has 0 amide bonds. The third-order valence-electron chi connectivity index (χ3n) is 1.76. The molecule has 0 fully saturated rings. The number of pyridine rings is 1. The van der Waals surface area contributed by atoms with Crippen molar-refractivity contribution in [3.63, 3.8) is 0 Å². The fourth-order valence-corrected chi connectivity index (χ4v) is 1.93. The van der Waals surface area contributed by atoms with Gasteiger partial charge < -0.3 is 10.5 Å². The molecular formula is C8H9N3OS. The summed E-state index contributed by atoms with van der Waals surface area (Å²) in [5.41, 5.74) is 7.48. The first-order chi connectivity index (χ1) is 6.20. The normalized spacial score (nSPS) is 10.6. The number of nitrogens with zero attached hydrogens (tertiary/aromatic N) is 2. The topological polar surface area (TPSA) is 61.0 Å². The second-order valence-corrected chi connectivity index (χ2v) is 3.70. The Bertz CT molecular complexity index is 452. The number of fused-ring (bicyclic) bond motifs is 1. The zero-order chi connectivity index (χ0) is 9.42. The molecule has 0 spiro atoms. The number of aromatic nitrogens is 2. The predicted octanol–water partition coefficient (Wildman–Crippen LogP) is 1.59. The summed E-state index contributed by atoms with van der Waals surface area (Å²) in [5, 5.41) is 0.541. The number of methoxy groups -OCH3 is 1. The SMILES string of the molecule is COc1cc(C)c2nc(N)sc2n1. The van der Waals surface area contributed by atoms with Crippen molar-refractivity contribution in [1.29, 1.82) is 0 Å². The van der Waals surface area contributed by atoms with Crippen LogP contribution in [0.1, 0.15) is 5.56 Å². The van der Waals surface area contributed by atoms with Gasteiger partial charge in [-0.3, -0.25) is 0 Å². The predicted molar refractivity (Wildman–Crippen MR) is 53.1 cm³/mol. The first-order valence-electron chi connectivity index (χ1n) is 3.78. The molecule has 2 aromatic rings. The number of ether oxygens (including phenoxy) is 1. The molecule has 0 saturated heterocycles. The lowest BCUT2D eigenvalue weighted by molar-refractivity contribution is 0.399. The maximum atomic E-state index is 5.58. The van der Waals surface area contributed by atoms with Crippen molar-refractivity contribution in [2.24, 2.45) is 0 Å². The number of nitrogens with two attached hydrogens (primary N) is 1. The Balaban J connectivity index is 2.75. The van der Waals surface area contributed by atoms with E-state index in [1.54, 1.807) is 7.11 Å². The molecular weight excluding hydrogens is 186 g/mol. The highest BCUT2D eigenvalue weighted by Crippen LogP contribution is 2.26. The van der Waals surface area contributed by atoms with E-state index in [0.29, 0.717) is 11.0 Å². The maximum absolute atomic E-state index is 5.58. The molecule has 0 aromatic carbocycles. The van der Waals surface area contributed by atoms with Crippen molar-refractivity contribution in [1.82, 2.24) is 9.97 Å². The molecule has 0 aliphatic rings. The summed E-state index contributed by atoms with van der Waals surface area (Å²) >= 11 is 1.37.